The van der Waals surface area contributed by atoms with Crippen molar-refractivity contribution in [3.63, 3.8) is 0 Å². The predicted molar refractivity (Wildman–Crippen MR) is 176 cm³/mol. The molecule has 8 nitrogen and oxygen atoms in total. The number of alkyl halides is 1. The van der Waals surface area contributed by atoms with Crippen LogP contribution in [0.5, 0.6) is 0 Å². The lowest BCUT2D eigenvalue weighted by Crippen LogP contribution is -2.27. The second-order valence-electron chi connectivity index (χ2n) is 12.8. The Morgan fingerprint density at radius 2 is 1.40 bits per heavy atom. The molecule has 2 rings (SSSR count). The maximum absolute atomic E-state index is 13.2. The summed E-state index contributed by atoms with van der Waals surface area (Å²) in [5, 5.41) is 15.1. The lowest BCUT2D eigenvalue weighted by atomic mass is 9.91. The summed E-state index contributed by atoms with van der Waals surface area (Å²) in [5.41, 5.74) is -1.01. The van der Waals surface area contributed by atoms with E-state index in [-0.39, 0.29) is 22.7 Å². The molecule has 0 spiro atoms. The van der Waals surface area contributed by atoms with E-state index in [1.807, 2.05) is 20.8 Å². The van der Waals surface area contributed by atoms with Gasteiger partial charge in [0.1, 0.15) is 11.3 Å². The number of rotatable bonds is 21. The van der Waals surface area contributed by atoms with Crippen LogP contribution in [0, 0.1) is 17.0 Å². The number of halogens is 1. The standard InChI is InChI=1S/C34H54ClN3O5/c1-6-7-8-9-10-11-12-13-14-15-16-17-18-19-20-21-24-36-32(39)29-26(2)22-23-28(30(29)38(41)42)37-33(40)27(25-35)31(43-37)34(3,4)5/h22-23H,6-21,24-25H2,1-5H3,(H,36,39). The smallest absolute Gasteiger partial charge is 0.309 e. The third kappa shape index (κ3) is 11.4. The number of hydrogen-bond acceptors (Lipinski definition) is 5. The van der Waals surface area contributed by atoms with Crippen molar-refractivity contribution < 1.29 is 14.2 Å². The number of aryl methyl sites for hydroxylation is 1. The lowest BCUT2D eigenvalue weighted by Gasteiger charge is -2.15. The maximum Gasteiger partial charge on any atom is 0.309 e. The van der Waals surface area contributed by atoms with Gasteiger partial charge in [0.05, 0.1) is 16.4 Å². The maximum atomic E-state index is 13.2. The first-order valence-electron chi connectivity index (χ1n) is 16.4. The van der Waals surface area contributed by atoms with Crippen molar-refractivity contribution in [3.05, 3.63) is 55.1 Å². The molecule has 0 aliphatic carbocycles. The highest BCUT2D eigenvalue weighted by Crippen LogP contribution is 2.32. The van der Waals surface area contributed by atoms with Crippen LogP contribution < -0.4 is 10.9 Å². The van der Waals surface area contributed by atoms with Gasteiger partial charge in [0.15, 0.2) is 5.69 Å². The van der Waals surface area contributed by atoms with E-state index in [2.05, 4.69) is 12.2 Å². The molecular formula is C34H54ClN3O5. The molecule has 1 aromatic carbocycles. The Bertz CT molecular complexity index is 1210. The molecular weight excluding hydrogens is 566 g/mol. The second kappa shape index (κ2) is 18.9. The van der Waals surface area contributed by atoms with E-state index in [1.54, 1.807) is 13.0 Å². The minimum Gasteiger partial charge on any atom is -0.375 e. The predicted octanol–water partition coefficient (Wildman–Crippen LogP) is 9.67. The monoisotopic (exact) mass is 619 g/mol. The zero-order valence-electron chi connectivity index (χ0n) is 27.2. The molecule has 0 saturated heterocycles. The van der Waals surface area contributed by atoms with E-state index >= 15 is 0 Å². The Morgan fingerprint density at radius 3 is 1.81 bits per heavy atom. The van der Waals surface area contributed by atoms with E-state index < -0.39 is 27.5 Å². The molecule has 2 aromatic rings. The summed E-state index contributed by atoms with van der Waals surface area (Å²) >= 11 is 6.04. The van der Waals surface area contributed by atoms with Crippen molar-refractivity contribution in [3.8, 4) is 5.69 Å². The molecule has 0 unspecified atom stereocenters. The minimum atomic E-state index is -0.627. The first-order chi connectivity index (χ1) is 20.5. The normalized spacial score (nSPS) is 11.7. The number of aromatic nitrogens is 1. The van der Waals surface area contributed by atoms with Gasteiger partial charge in [-0.3, -0.25) is 19.7 Å². The summed E-state index contributed by atoms with van der Waals surface area (Å²) in [7, 11) is 0. The Morgan fingerprint density at radius 1 is 0.907 bits per heavy atom. The molecule has 1 aromatic heterocycles. The topological polar surface area (TPSA) is 107 Å². The fraction of sp³-hybridized carbons (Fsp3) is 0.706. The summed E-state index contributed by atoms with van der Waals surface area (Å²) in [4.78, 5) is 37.9. The van der Waals surface area contributed by atoms with E-state index in [0.717, 1.165) is 24.0 Å². The third-order valence-electron chi connectivity index (χ3n) is 8.02. The second-order valence-corrected chi connectivity index (χ2v) is 13.1. The molecule has 242 valence electrons. The van der Waals surface area contributed by atoms with Crippen molar-refractivity contribution >= 4 is 23.2 Å². The number of nitrogens with one attached hydrogen (secondary N) is 1. The van der Waals surface area contributed by atoms with Crippen LogP contribution in [0.2, 0.25) is 0 Å². The molecule has 0 aliphatic rings. The van der Waals surface area contributed by atoms with Crippen LogP contribution in [0.1, 0.15) is 158 Å². The van der Waals surface area contributed by atoms with Crippen molar-refractivity contribution in [2.24, 2.45) is 0 Å². The number of nitro benzene ring substituents is 1. The average molecular weight is 620 g/mol. The van der Waals surface area contributed by atoms with Crippen molar-refractivity contribution in [2.75, 3.05) is 6.54 Å². The van der Waals surface area contributed by atoms with Crippen LogP contribution in [0.25, 0.3) is 5.69 Å². The van der Waals surface area contributed by atoms with Gasteiger partial charge in [-0.1, -0.05) is 130 Å². The number of hydrogen-bond donors (Lipinski definition) is 1. The van der Waals surface area contributed by atoms with Crippen molar-refractivity contribution in [1.82, 2.24) is 10.1 Å². The zero-order chi connectivity index (χ0) is 31.8. The van der Waals surface area contributed by atoms with Gasteiger partial charge in [0, 0.05) is 12.0 Å². The van der Waals surface area contributed by atoms with Gasteiger partial charge < -0.3 is 9.84 Å². The van der Waals surface area contributed by atoms with Crippen molar-refractivity contribution in [2.45, 2.75) is 149 Å². The molecule has 43 heavy (non-hydrogen) atoms. The highest BCUT2D eigenvalue weighted by molar-refractivity contribution is 6.17. The van der Waals surface area contributed by atoms with Gasteiger partial charge in [-0.25, -0.2) is 0 Å². The number of unbranched alkanes of at least 4 members (excludes halogenated alkanes) is 15. The van der Waals surface area contributed by atoms with Crippen LogP contribution in [-0.2, 0) is 11.3 Å². The van der Waals surface area contributed by atoms with Gasteiger partial charge >= 0.3 is 5.69 Å². The number of carbonyl (C=O) groups excluding carboxylic acids is 1. The molecule has 0 radical (unpaired) electrons. The van der Waals surface area contributed by atoms with Gasteiger partial charge in [-0.05, 0) is 25.0 Å². The first kappa shape index (κ1) is 36.6. The zero-order valence-corrected chi connectivity index (χ0v) is 28.0. The molecule has 0 atom stereocenters. The fourth-order valence-corrected chi connectivity index (χ4v) is 5.79. The molecule has 1 amide bonds. The Balaban J connectivity index is 1.82. The van der Waals surface area contributed by atoms with Gasteiger partial charge in [-0.2, -0.15) is 0 Å². The highest BCUT2D eigenvalue weighted by atomic mass is 35.5. The molecule has 1 N–H and O–H groups in total. The number of carbonyl (C=O) groups is 1. The van der Waals surface area contributed by atoms with E-state index in [9.17, 15) is 19.7 Å². The number of nitro groups is 1. The molecule has 0 fully saturated rings. The fourth-order valence-electron chi connectivity index (χ4n) is 5.55. The van der Waals surface area contributed by atoms with Crippen molar-refractivity contribution in [1.29, 1.82) is 0 Å². The van der Waals surface area contributed by atoms with Gasteiger partial charge in [0.25, 0.3) is 11.5 Å². The van der Waals surface area contributed by atoms with Gasteiger partial charge in [-0.15, -0.1) is 16.3 Å². The highest BCUT2D eigenvalue weighted by Gasteiger charge is 2.33. The van der Waals surface area contributed by atoms with Crippen LogP contribution in [0.4, 0.5) is 5.69 Å². The summed E-state index contributed by atoms with van der Waals surface area (Å²) in [6, 6.07) is 3.03. The first-order valence-corrected chi connectivity index (χ1v) is 17.0. The molecule has 0 saturated carbocycles. The molecule has 0 bridgehead atoms. The lowest BCUT2D eigenvalue weighted by molar-refractivity contribution is -0.385. The SMILES string of the molecule is CCCCCCCCCCCCCCCCCCNC(=O)c1c(C)ccc(-n2oc(C(C)(C)C)c(CCl)c2=O)c1[N+](=O)[O-]. The Hall–Kier alpha value is -2.61. The third-order valence-corrected chi connectivity index (χ3v) is 8.29. The van der Waals surface area contributed by atoms with Crippen LogP contribution in [-0.4, -0.2) is 22.1 Å². The Kier molecular flexibility index (Phi) is 16.1. The summed E-state index contributed by atoms with van der Waals surface area (Å²) < 4.78 is 6.72. The van der Waals surface area contributed by atoms with E-state index in [0.29, 0.717) is 17.9 Å². The average Bonchev–Trinajstić information content (AvgIpc) is 3.30. The quantitative estimate of drug-likeness (QED) is 0.0647. The largest absolute Gasteiger partial charge is 0.375 e. The molecule has 9 heteroatoms. The number of benzene rings is 1. The number of amides is 1. The summed E-state index contributed by atoms with van der Waals surface area (Å²) in [5.74, 6) is -0.258. The van der Waals surface area contributed by atoms with Crippen LogP contribution in [0.15, 0.2) is 21.5 Å². The minimum absolute atomic E-state index is 0.0629. The van der Waals surface area contributed by atoms with Crippen LogP contribution in [0.3, 0.4) is 0 Å². The molecule has 0 aliphatic heterocycles. The molecule has 1 heterocycles. The van der Waals surface area contributed by atoms with Gasteiger partial charge in [0.2, 0.25) is 0 Å². The Labute approximate surface area is 263 Å². The summed E-state index contributed by atoms with van der Waals surface area (Å²) in [6.07, 6.45) is 20.3. The summed E-state index contributed by atoms with van der Waals surface area (Å²) in [6.45, 7) is 9.95. The van der Waals surface area contributed by atoms with Crippen LogP contribution >= 0.6 is 11.6 Å². The van der Waals surface area contributed by atoms with E-state index in [1.165, 1.54) is 89.5 Å². The number of nitrogens with zero attached hydrogens (tertiary/aromatic N) is 2. The van der Waals surface area contributed by atoms with E-state index in [4.69, 9.17) is 16.1 Å².